The number of allylic oxidation sites excluding steroid dienone is 2. The number of hydrogen-bond donors (Lipinski definition) is 0. The lowest BCUT2D eigenvalue weighted by molar-refractivity contribution is -0.139. The van der Waals surface area contributed by atoms with Gasteiger partial charge in [-0.2, -0.15) is 0 Å². The highest BCUT2D eigenvalue weighted by Gasteiger charge is 2.68. The molecule has 0 unspecified atom stereocenters. The van der Waals surface area contributed by atoms with Crippen molar-refractivity contribution < 1.29 is 9.59 Å². The SMILES string of the molecule is O=C1C(=O)[C@]23C[C@H]1C=C2[C@H]1CC[C@@H]3C1. The number of rotatable bonds is 0. The van der Waals surface area contributed by atoms with Crippen LogP contribution in [0.4, 0.5) is 0 Å². The van der Waals surface area contributed by atoms with Gasteiger partial charge in [0.1, 0.15) is 0 Å². The highest BCUT2D eigenvalue weighted by molar-refractivity contribution is 6.44. The largest absolute Gasteiger partial charge is 0.290 e. The fraction of sp³-hybridized carbons (Fsp3) is 0.667. The van der Waals surface area contributed by atoms with Gasteiger partial charge in [0.05, 0.1) is 5.41 Å². The van der Waals surface area contributed by atoms with Crippen LogP contribution in [-0.4, -0.2) is 11.6 Å². The zero-order valence-electron chi connectivity index (χ0n) is 7.95. The maximum Gasteiger partial charge on any atom is 0.209 e. The smallest absolute Gasteiger partial charge is 0.209 e. The minimum atomic E-state index is -0.259. The number of carbonyl (C=O) groups excluding carboxylic acids is 2. The molecule has 0 radical (unpaired) electrons. The molecule has 14 heavy (non-hydrogen) atoms. The standard InChI is InChI=1S/C12H12O2/c13-10-7-4-9-6-1-2-8(3-6)12(9,5-7)11(10)14/h4,6-8H,1-3,5H2/t6-,7+,8+,12-/m0/s1. The fourth-order valence-electron chi connectivity index (χ4n) is 4.47. The van der Waals surface area contributed by atoms with Crippen LogP contribution in [0.5, 0.6) is 0 Å². The first kappa shape index (κ1) is 7.38. The van der Waals surface area contributed by atoms with E-state index in [1.807, 2.05) is 0 Å². The highest BCUT2D eigenvalue weighted by atomic mass is 16.2. The molecule has 1 spiro atoms. The van der Waals surface area contributed by atoms with Gasteiger partial charge in [0.25, 0.3) is 0 Å². The van der Waals surface area contributed by atoms with Crippen molar-refractivity contribution in [1.29, 1.82) is 0 Å². The van der Waals surface area contributed by atoms with Crippen molar-refractivity contribution in [2.45, 2.75) is 25.7 Å². The second-order valence-corrected chi connectivity index (χ2v) is 5.30. The first-order valence-electron chi connectivity index (χ1n) is 5.54. The normalized spacial score (nSPS) is 52.9. The van der Waals surface area contributed by atoms with Crippen molar-refractivity contribution in [3.63, 3.8) is 0 Å². The summed E-state index contributed by atoms with van der Waals surface area (Å²) in [7, 11) is 0. The van der Waals surface area contributed by atoms with Crippen LogP contribution in [0.15, 0.2) is 11.6 Å². The summed E-state index contributed by atoms with van der Waals surface area (Å²) in [6.45, 7) is 0. The zero-order chi connectivity index (χ0) is 9.50. The second kappa shape index (κ2) is 1.88. The van der Waals surface area contributed by atoms with Crippen molar-refractivity contribution in [3.8, 4) is 0 Å². The number of hydrogen-bond acceptors (Lipinski definition) is 2. The molecule has 4 bridgehead atoms. The molecule has 0 aromatic carbocycles. The van der Waals surface area contributed by atoms with E-state index in [-0.39, 0.29) is 22.9 Å². The molecule has 4 aliphatic rings. The van der Waals surface area contributed by atoms with Crippen molar-refractivity contribution >= 4 is 11.6 Å². The number of fused-ring (bicyclic) bond motifs is 4. The Balaban J connectivity index is 1.99. The van der Waals surface area contributed by atoms with Crippen LogP contribution in [-0.2, 0) is 9.59 Å². The lowest BCUT2D eigenvalue weighted by Crippen LogP contribution is -2.37. The van der Waals surface area contributed by atoms with Gasteiger partial charge in [-0.25, -0.2) is 0 Å². The molecule has 3 fully saturated rings. The molecule has 4 rings (SSSR count). The molecule has 0 aliphatic heterocycles. The van der Waals surface area contributed by atoms with Gasteiger partial charge in [-0.15, -0.1) is 0 Å². The Hall–Kier alpha value is -0.920. The van der Waals surface area contributed by atoms with Gasteiger partial charge in [-0.05, 0) is 37.5 Å². The molecule has 2 nitrogen and oxygen atoms in total. The summed E-state index contributed by atoms with van der Waals surface area (Å²) in [5.74, 6) is 1.01. The van der Waals surface area contributed by atoms with Crippen LogP contribution in [0.3, 0.4) is 0 Å². The van der Waals surface area contributed by atoms with E-state index in [2.05, 4.69) is 6.08 Å². The Morgan fingerprint density at radius 1 is 1.29 bits per heavy atom. The van der Waals surface area contributed by atoms with Gasteiger partial charge in [-0.3, -0.25) is 9.59 Å². The zero-order valence-corrected chi connectivity index (χ0v) is 7.95. The van der Waals surface area contributed by atoms with E-state index in [0.717, 1.165) is 6.42 Å². The Kier molecular flexibility index (Phi) is 0.992. The van der Waals surface area contributed by atoms with Crippen molar-refractivity contribution in [1.82, 2.24) is 0 Å². The molecule has 0 aromatic rings. The lowest BCUT2D eigenvalue weighted by atomic mass is 9.69. The minimum Gasteiger partial charge on any atom is -0.290 e. The van der Waals surface area contributed by atoms with Gasteiger partial charge < -0.3 is 0 Å². The Labute approximate surface area is 82.4 Å². The van der Waals surface area contributed by atoms with Gasteiger partial charge in [0.15, 0.2) is 0 Å². The van der Waals surface area contributed by atoms with E-state index in [9.17, 15) is 9.59 Å². The molecule has 0 N–H and O–H groups in total. The quantitative estimate of drug-likeness (QED) is 0.426. The number of carbonyl (C=O) groups is 2. The maximum absolute atomic E-state index is 12.0. The van der Waals surface area contributed by atoms with Crippen LogP contribution in [0.2, 0.25) is 0 Å². The first-order chi connectivity index (χ1) is 6.73. The van der Waals surface area contributed by atoms with Crippen LogP contribution in [0, 0.1) is 23.2 Å². The summed E-state index contributed by atoms with van der Waals surface area (Å²) in [5.41, 5.74) is 1.10. The van der Waals surface area contributed by atoms with Crippen LogP contribution >= 0.6 is 0 Å². The van der Waals surface area contributed by atoms with E-state index in [1.165, 1.54) is 24.8 Å². The Morgan fingerprint density at radius 2 is 2.14 bits per heavy atom. The topological polar surface area (TPSA) is 34.1 Å². The Morgan fingerprint density at radius 3 is 2.93 bits per heavy atom. The van der Waals surface area contributed by atoms with Gasteiger partial charge in [0.2, 0.25) is 11.6 Å². The van der Waals surface area contributed by atoms with Gasteiger partial charge in [0, 0.05) is 5.92 Å². The second-order valence-electron chi connectivity index (χ2n) is 5.30. The highest BCUT2D eigenvalue weighted by Crippen LogP contribution is 2.68. The van der Waals surface area contributed by atoms with E-state index < -0.39 is 0 Å². The van der Waals surface area contributed by atoms with E-state index in [4.69, 9.17) is 0 Å². The average Bonchev–Trinajstić information content (AvgIpc) is 2.86. The van der Waals surface area contributed by atoms with Crippen LogP contribution < -0.4 is 0 Å². The third kappa shape index (κ3) is 0.508. The fourth-order valence-corrected chi connectivity index (χ4v) is 4.47. The molecule has 0 aromatic heterocycles. The molecule has 4 atom stereocenters. The number of Topliss-reactive ketones (excluding diaryl/α,β-unsaturated/α-hetero) is 2. The molecule has 3 saturated carbocycles. The van der Waals surface area contributed by atoms with Crippen LogP contribution in [0.1, 0.15) is 25.7 Å². The molecular formula is C12H12O2. The average molecular weight is 188 g/mol. The summed E-state index contributed by atoms with van der Waals surface area (Å²) in [6.07, 6.45) is 6.58. The molecule has 4 aliphatic carbocycles. The molecule has 2 heteroatoms. The Bertz CT molecular complexity index is 407. The summed E-state index contributed by atoms with van der Waals surface area (Å²) >= 11 is 0. The van der Waals surface area contributed by atoms with Gasteiger partial charge in [-0.1, -0.05) is 11.6 Å². The third-order valence-electron chi connectivity index (χ3n) is 4.97. The molecule has 72 valence electrons. The van der Waals surface area contributed by atoms with Crippen molar-refractivity contribution in [3.05, 3.63) is 11.6 Å². The predicted octanol–water partition coefficient (Wildman–Crippen LogP) is 1.50. The first-order valence-corrected chi connectivity index (χ1v) is 5.54. The van der Waals surface area contributed by atoms with Gasteiger partial charge >= 0.3 is 0 Å². The third-order valence-corrected chi connectivity index (χ3v) is 4.97. The van der Waals surface area contributed by atoms with E-state index in [1.54, 1.807) is 0 Å². The molecular weight excluding hydrogens is 176 g/mol. The van der Waals surface area contributed by atoms with Crippen LogP contribution in [0.25, 0.3) is 0 Å². The molecule has 0 saturated heterocycles. The number of ketones is 2. The maximum atomic E-state index is 12.0. The van der Waals surface area contributed by atoms with E-state index >= 15 is 0 Å². The summed E-state index contributed by atoms with van der Waals surface area (Å²) in [6, 6.07) is 0. The summed E-state index contributed by atoms with van der Waals surface area (Å²) < 4.78 is 0. The molecule has 0 amide bonds. The minimum absolute atomic E-state index is 0.0269. The lowest BCUT2D eigenvalue weighted by Gasteiger charge is -2.32. The van der Waals surface area contributed by atoms with E-state index in [0.29, 0.717) is 11.8 Å². The molecule has 0 heterocycles. The predicted molar refractivity (Wildman–Crippen MR) is 49.5 cm³/mol. The van der Waals surface area contributed by atoms with Crippen molar-refractivity contribution in [2.24, 2.45) is 23.2 Å². The summed E-state index contributed by atoms with van der Waals surface area (Å²) in [5, 5.41) is 0. The monoisotopic (exact) mass is 188 g/mol. The summed E-state index contributed by atoms with van der Waals surface area (Å²) in [4.78, 5) is 23.6. The van der Waals surface area contributed by atoms with Crippen molar-refractivity contribution in [2.75, 3.05) is 0 Å².